The number of hydrogen-bond donors (Lipinski definition) is 1. The zero-order valence-corrected chi connectivity index (χ0v) is 10.9. The Morgan fingerprint density at radius 1 is 1.17 bits per heavy atom. The molecule has 0 spiro atoms. The lowest BCUT2D eigenvalue weighted by molar-refractivity contribution is 0.741. The van der Waals surface area contributed by atoms with E-state index in [2.05, 4.69) is 15.5 Å². The molecule has 1 aliphatic rings. The van der Waals surface area contributed by atoms with Crippen LogP contribution in [0, 0.1) is 0 Å². The normalized spacial score (nSPS) is 18.3. The largest absolute Gasteiger partial charge is 0.291 e. The molecule has 1 aliphatic heterocycles. The van der Waals surface area contributed by atoms with Crippen molar-refractivity contribution >= 4 is 28.4 Å². The van der Waals surface area contributed by atoms with Crippen LogP contribution in [0.5, 0.6) is 0 Å². The molecule has 0 fully saturated rings. The number of halogens is 1. The Labute approximate surface area is 114 Å². The average molecular weight is 276 g/mol. The molecule has 2 heterocycles. The van der Waals surface area contributed by atoms with Gasteiger partial charge in [-0.15, -0.1) is 0 Å². The lowest BCUT2D eigenvalue weighted by atomic mass is 10.2. The highest BCUT2D eigenvalue weighted by molar-refractivity contribution is 8.14. The van der Waals surface area contributed by atoms with Crippen molar-refractivity contribution in [1.82, 2.24) is 10.4 Å². The van der Waals surface area contributed by atoms with Crippen LogP contribution in [-0.4, -0.2) is 10.0 Å². The summed E-state index contributed by atoms with van der Waals surface area (Å²) >= 11 is 7.55. The number of hydrogen-bond acceptors (Lipinski definition) is 4. The third-order valence-electron chi connectivity index (χ3n) is 2.59. The first-order chi connectivity index (χ1) is 8.83. The summed E-state index contributed by atoms with van der Waals surface area (Å²) in [5, 5.41) is 6.19. The molecule has 1 N–H and O–H groups in total. The van der Waals surface area contributed by atoms with Crippen LogP contribution in [0.1, 0.15) is 16.5 Å². The molecule has 1 unspecified atom stereocenters. The maximum Gasteiger partial charge on any atom is 0.126 e. The van der Waals surface area contributed by atoms with E-state index in [0.717, 1.165) is 21.2 Å². The summed E-state index contributed by atoms with van der Waals surface area (Å²) in [6.45, 7) is 0. The van der Waals surface area contributed by atoms with Crippen LogP contribution in [0.2, 0.25) is 5.02 Å². The van der Waals surface area contributed by atoms with Crippen molar-refractivity contribution in [3.8, 4) is 0 Å². The van der Waals surface area contributed by atoms with Crippen LogP contribution in [0.15, 0.2) is 53.9 Å². The van der Waals surface area contributed by atoms with E-state index in [9.17, 15) is 0 Å². The summed E-state index contributed by atoms with van der Waals surface area (Å²) in [5.41, 5.74) is 5.31. The van der Waals surface area contributed by atoms with E-state index in [1.165, 1.54) is 0 Å². The minimum Gasteiger partial charge on any atom is -0.291 e. The molecule has 1 atom stereocenters. The molecule has 1 aromatic carbocycles. The minimum atomic E-state index is 0.129. The summed E-state index contributed by atoms with van der Waals surface area (Å²) in [6, 6.07) is 11.7. The predicted molar refractivity (Wildman–Crippen MR) is 75.7 cm³/mol. The summed E-state index contributed by atoms with van der Waals surface area (Å²) in [5.74, 6) is 0. The Bertz CT molecular complexity index is 569. The van der Waals surface area contributed by atoms with E-state index in [4.69, 9.17) is 11.6 Å². The minimum absolute atomic E-state index is 0.129. The van der Waals surface area contributed by atoms with Crippen LogP contribution in [0.25, 0.3) is 0 Å². The fraction of sp³-hybridized carbons (Fsp3) is 0.0769. The summed E-state index contributed by atoms with van der Waals surface area (Å²) in [7, 11) is 0. The van der Waals surface area contributed by atoms with Gasteiger partial charge in [-0.25, -0.2) is 0 Å². The van der Waals surface area contributed by atoms with Crippen molar-refractivity contribution in [3.63, 3.8) is 0 Å². The first kappa shape index (κ1) is 11.6. The van der Waals surface area contributed by atoms with Crippen LogP contribution >= 0.6 is 23.4 Å². The van der Waals surface area contributed by atoms with Gasteiger partial charge in [-0.2, -0.15) is 5.10 Å². The van der Waals surface area contributed by atoms with Crippen LogP contribution in [0.3, 0.4) is 0 Å². The van der Waals surface area contributed by atoms with Gasteiger partial charge in [0.2, 0.25) is 0 Å². The third-order valence-corrected chi connectivity index (χ3v) is 4.01. The summed E-state index contributed by atoms with van der Waals surface area (Å²) in [4.78, 5) is 4.12. The molecule has 3 rings (SSSR count). The SMILES string of the molecule is Clc1ccc(C2=NNC(c3cccnc3)S2)cc1. The smallest absolute Gasteiger partial charge is 0.126 e. The van der Waals surface area contributed by atoms with Crippen molar-refractivity contribution in [2.24, 2.45) is 5.10 Å². The average Bonchev–Trinajstić information content (AvgIpc) is 2.90. The zero-order valence-electron chi connectivity index (χ0n) is 9.38. The van der Waals surface area contributed by atoms with Gasteiger partial charge in [0.1, 0.15) is 10.4 Å². The first-order valence-corrected chi connectivity index (χ1v) is 6.74. The molecule has 0 radical (unpaired) electrons. The van der Waals surface area contributed by atoms with E-state index in [0.29, 0.717) is 0 Å². The Morgan fingerprint density at radius 3 is 2.72 bits per heavy atom. The van der Waals surface area contributed by atoms with Gasteiger partial charge in [-0.05, 0) is 18.2 Å². The van der Waals surface area contributed by atoms with Gasteiger partial charge in [0.15, 0.2) is 0 Å². The number of nitrogens with zero attached hydrogens (tertiary/aromatic N) is 2. The molecule has 0 saturated carbocycles. The molecule has 3 nitrogen and oxygen atoms in total. The van der Waals surface area contributed by atoms with Crippen molar-refractivity contribution in [2.75, 3.05) is 0 Å². The van der Waals surface area contributed by atoms with E-state index in [1.54, 1.807) is 18.0 Å². The monoisotopic (exact) mass is 275 g/mol. The number of nitrogens with one attached hydrogen (secondary N) is 1. The highest BCUT2D eigenvalue weighted by Gasteiger charge is 2.21. The molecule has 0 bridgehead atoms. The number of rotatable bonds is 2. The van der Waals surface area contributed by atoms with Crippen molar-refractivity contribution < 1.29 is 0 Å². The molecule has 90 valence electrons. The maximum absolute atomic E-state index is 5.87. The van der Waals surface area contributed by atoms with Crippen LogP contribution in [0.4, 0.5) is 0 Å². The predicted octanol–water partition coefficient (Wildman–Crippen LogP) is 3.43. The van der Waals surface area contributed by atoms with Crippen molar-refractivity contribution in [1.29, 1.82) is 0 Å². The highest BCUT2D eigenvalue weighted by Crippen LogP contribution is 2.33. The van der Waals surface area contributed by atoms with Crippen molar-refractivity contribution in [3.05, 3.63) is 64.9 Å². The van der Waals surface area contributed by atoms with E-state index in [-0.39, 0.29) is 5.37 Å². The molecule has 0 amide bonds. The van der Waals surface area contributed by atoms with Gasteiger partial charge >= 0.3 is 0 Å². The Morgan fingerprint density at radius 2 is 2.00 bits per heavy atom. The fourth-order valence-corrected chi connectivity index (χ4v) is 2.79. The van der Waals surface area contributed by atoms with Gasteiger partial charge in [-0.3, -0.25) is 10.4 Å². The Hall–Kier alpha value is -1.52. The lowest BCUT2D eigenvalue weighted by Gasteiger charge is -2.08. The summed E-state index contributed by atoms with van der Waals surface area (Å²) in [6.07, 6.45) is 3.62. The van der Waals surface area contributed by atoms with Crippen molar-refractivity contribution in [2.45, 2.75) is 5.37 Å². The number of hydrazone groups is 1. The van der Waals surface area contributed by atoms with E-state index >= 15 is 0 Å². The summed E-state index contributed by atoms with van der Waals surface area (Å²) < 4.78 is 0. The third kappa shape index (κ3) is 2.35. The quantitative estimate of drug-likeness (QED) is 0.912. The molecule has 5 heteroatoms. The Balaban J connectivity index is 1.77. The standard InChI is InChI=1S/C13H10ClN3S/c14-11-5-3-9(4-6-11)12-16-17-13(18-12)10-2-1-7-15-8-10/h1-8,13,17H. The van der Waals surface area contributed by atoms with Gasteiger partial charge in [0.05, 0.1) is 0 Å². The number of benzene rings is 1. The fourth-order valence-electron chi connectivity index (χ4n) is 1.68. The van der Waals surface area contributed by atoms with Crippen LogP contribution in [-0.2, 0) is 0 Å². The molecular weight excluding hydrogens is 266 g/mol. The Kier molecular flexibility index (Phi) is 3.21. The lowest BCUT2D eigenvalue weighted by Crippen LogP contribution is -2.06. The maximum atomic E-state index is 5.87. The molecule has 1 aromatic heterocycles. The number of pyridine rings is 1. The van der Waals surface area contributed by atoms with E-state index < -0.39 is 0 Å². The molecule has 0 aliphatic carbocycles. The van der Waals surface area contributed by atoms with Gasteiger partial charge < -0.3 is 0 Å². The second-order valence-electron chi connectivity index (χ2n) is 3.84. The van der Waals surface area contributed by atoms with Gasteiger partial charge in [-0.1, -0.05) is 41.6 Å². The highest BCUT2D eigenvalue weighted by atomic mass is 35.5. The first-order valence-electron chi connectivity index (χ1n) is 5.49. The second-order valence-corrected chi connectivity index (χ2v) is 5.37. The molecule has 18 heavy (non-hydrogen) atoms. The molecule has 0 saturated heterocycles. The van der Waals surface area contributed by atoms with Gasteiger partial charge in [0.25, 0.3) is 0 Å². The zero-order chi connectivity index (χ0) is 12.4. The molecule has 2 aromatic rings. The number of aromatic nitrogens is 1. The van der Waals surface area contributed by atoms with Crippen LogP contribution < -0.4 is 5.43 Å². The van der Waals surface area contributed by atoms with E-state index in [1.807, 2.05) is 42.6 Å². The molecular formula is C13H10ClN3S. The second kappa shape index (κ2) is 5.00. The number of thioether (sulfide) groups is 1. The van der Waals surface area contributed by atoms with Gasteiger partial charge in [0, 0.05) is 28.5 Å². The topological polar surface area (TPSA) is 37.3 Å².